The van der Waals surface area contributed by atoms with E-state index in [9.17, 15) is 4.79 Å². The average Bonchev–Trinajstić information content (AvgIpc) is 2.37. The highest BCUT2D eigenvalue weighted by Gasteiger charge is 2.26. The zero-order chi connectivity index (χ0) is 15.3. The minimum absolute atomic E-state index is 0.0528. The summed E-state index contributed by atoms with van der Waals surface area (Å²) in [5.41, 5.74) is 1.55. The van der Waals surface area contributed by atoms with Crippen LogP contribution in [-0.4, -0.2) is 37.8 Å². The van der Waals surface area contributed by atoms with Crippen molar-refractivity contribution in [3.63, 3.8) is 0 Å². The highest BCUT2D eigenvalue weighted by molar-refractivity contribution is 5.95. The van der Waals surface area contributed by atoms with Crippen LogP contribution in [0.2, 0.25) is 0 Å². The summed E-state index contributed by atoms with van der Waals surface area (Å²) in [7, 11) is 3.89. The Morgan fingerprint density at radius 3 is 2.50 bits per heavy atom. The molecule has 0 aromatic heterocycles. The van der Waals surface area contributed by atoms with Crippen LogP contribution in [-0.2, 0) is 0 Å². The van der Waals surface area contributed by atoms with Crippen molar-refractivity contribution in [2.75, 3.05) is 25.6 Å². The van der Waals surface area contributed by atoms with E-state index in [-0.39, 0.29) is 24.0 Å². The molecule has 0 aliphatic rings. The van der Waals surface area contributed by atoms with Gasteiger partial charge in [-0.05, 0) is 30.0 Å². The van der Waals surface area contributed by atoms with E-state index in [2.05, 4.69) is 26.1 Å². The Morgan fingerprint density at radius 2 is 2.00 bits per heavy atom. The number of aliphatic hydroxyl groups excluding tert-OH is 1. The van der Waals surface area contributed by atoms with Crippen molar-refractivity contribution < 1.29 is 9.90 Å². The van der Waals surface area contributed by atoms with E-state index in [0.29, 0.717) is 12.0 Å². The van der Waals surface area contributed by atoms with Gasteiger partial charge in [-0.3, -0.25) is 4.79 Å². The summed E-state index contributed by atoms with van der Waals surface area (Å²) in [6.07, 6.45) is 0.558. The van der Waals surface area contributed by atoms with E-state index in [0.717, 1.165) is 5.69 Å². The van der Waals surface area contributed by atoms with Gasteiger partial charge in [-0.15, -0.1) is 0 Å². The molecule has 0 aliphatic carbocycles. The van der Waals surface area contributed by atoms with Gasteiger partial charge in [0.25, 0.3) is 5.91 Å². The molecule has 1 rings (SSSR count). The van der Waals surface area contributed by atoms with Crippen LogP contribution in [0.3, 0.4) is 0 Å². The van der Waals surface area contributed by atoms with Gasteiger partial charge >= 0.3 is 0 Å². The van der Waals surface area contributed by atoms with Gasteiger partial charge in [-0.25, -0.2) is 0 Å². The lowest BCUT2D eigenvalue weighted by Gasteiger charge is -2.31. The first-order valence-electron chi connectivity index (χ1n) is 6.95. The van der Waals surface area contributed by atoms with Crippen molar-refractivity contribution in [1.29, 1.82) is 0 Å². The number of anilines is 1. The second-order valence-electron chi connectivity index (χ2n) is 6.35. The van der Waals surface area contributed by atoms with Gasteiger partial charge in [-0.2, -0.15) is 0 Å². The molecule has 112 valence electrons. The largest absolute Gasteiger partial charge is 0.396 e. The Kier molecular flexibility index (Phi) is 5.57. The van der Waals surface area contributed by atoms with E-state index < -0.39 is 0 Å². The molecule has 1 aromatic carbocycles. The van der Waals surface area contributed by atoms with E-state index in [4.69, 9.17) is 5.11 Å². The standard InChI is InChI=1S/C16H26N2O2/c1-16(2,3)14(9-10-19)17-15(20)12-7-6-8-13(11-12)18(4)5/h6-8,11,14,19H,9-10H2,1-5H3,(H,17,20). The Balaban J connectivity index is 2.86. The SMILES string of the molecule is CN(C)c1cccc(C(=O)NC(CCO)C(C)(C)C)c1. The van der Waals surface area contributed by atoms with Gasteiger partial charge < -0.3 is 15.3 Å². The Hall–Kier alpha value is -1.55. The first-order chi connectivity index (χ1) is 9.25. The molecule has 2 N–H and O–H groups in total. The molecule has 0 saturated carbocycles. The van der Waals surface area contributed by atoms with Gasteiger partial charge in [0.15, 0.2) is 0 Å². The molecule has 1 amide bonds. The molecule has 1 unspecified atom stereocenters. The fourth-order valence-corrected chi connectivity index (χ4v) is 2.02. The number of nitrogens with zero attached hydrogens (tertiary/aromatic N) is 1. The summed E-state index contributed by atoms with van der Waals surface area (Å²) < 4.78 is 0. The molecule has 0 heterocycles. The van der Waals surface area contributed by atoms with Crippen molar-refractivity contribution in [2.45, 2.75) is 33.2 Å². The molecule has 0 aliphatic heterocycles. The van der Waals surface area contributed by atoms with Gasteiger partial charge in [-0.1, -0.05) is 26.8 Å². The molecule has 0 radical (unpaired) electrons. The zero-order valence-electron chi connectivity index (χ0n) is 13.1. The van der Waals surface area contributed by atoms with Crippen LogP contribution in [0.1, 0.15) is 37.6 Å². The van der Waals surface area contributed by atoms with Crippen LogP contribution in [0, 0.1) is 5.41 Å². The number of rotatable bonds is 5. The third-order valence-corrected chi connectivity index (χ3v) is 3.39. The molecule has 4 nitrogen and oxygen atoms in total. The second-order valence-corrected chi connectivity index (χ2v) is 6.35. The lowest BCUT2D eigenvalue weighted by Crippen LogP contribution is -2.44. The third kappa shape index (κ3) is 4.53. The number of carbonyl (C=O) groups excluding carboxylic acids is 1. The summed E-state index contributed by atoms with van der Waals surface area (Å²) in [6.45, 7) is 6.25. The van der Waals surface area contributed by atoms with Gasteiger partial charge in [0.1, 0.15) is 0 Å². The third-order valence-electron chi connectivity index (χ3n) is 3.39. The number of benzene rings is 1. The van der Waals surface area contributed by atoms with Crippen LogP contribution >= 0.6 is 0 Å². The number of nitrogens with one attached hydrogen (secondary N) is 1. The molecule has 20 heavy (non-hydrogen) atoms. The number of hydrogen-bond donors (Lipinski definition) is 2. The number of hydrogen-bond acceptors (Lipinski definition) is 3. The van der Waals surface area contributed by atoms with Gasteiger partial charge in [0.05, 0.1) is 0 Å². The van der Waals surface area contributed by atoms with Crippen LogP contribution < -0.4 is 10.2 Å². The molecule has 0 spiro atoms. The molecule has 1 atom stereocenters. The van der Waals surface area contributed by atoms with E-state index >= 15 is 0 Å². The number of amides is 1. The van der Waals surface area contributed by atoms with Crippen molar-refractivity contribution in [3.05, 3.63) is 29.8 Å². The molecule has 0 bridgehead atoms. The minimum Gasteiger partial charge on any atom is -0.396 e. The van der Waals surface area contributed by atoms with Crippen LogP contribution in [0.4, 0.5) is 5.69 Å². The fraction of sp³-hybridized carbons (Fsp3) is 0.562. The van der Waals surface area contributed by atoms with Crippen LogP contribution in [0.5, 0.6) is 0 Å². The second kappa shape index (κ2) is 6.75. The summed E-state index contributed by atoms with van der Waals surface area (Å²) in [4.78, 5) is 14.3. The highest BCUT2D eigenvalue weighted by Crippen LogP contribution is 2.22. The quantitative estimate of drug-likeness (QED) is 0.869. The Bertz CT molecular complexity index is 450. The number of aliphatic hydroxyl groups is 1. The van der Waals surface area contributed by atoms with Crippen molar-refractivity contribution in [2.24, 2.45) is 5.41 Å². The molecule has 0 fully saturated rings. The highest BCUT2D eigenvalue weighted by atomic mass is 16.3. The Labute approximate surface area is 121 Å². The topological polar surface area (TPSA) is 52.6 Å². The van der Waals surface area contributed by atoms with E-state index in [1.165, 1.54) is 0 Å². The maximum absolute atomic E-state index is 12.3. The van der Waals surface area contributed by atoms with Gasteiger partial charge in [0, 0.05) is 38.0 Å². The van der Waals surface area contributed by atoms with E-state index in [1.807, 2.05) is 37.2 Å². The summed E-state index contributed by atoms with van der Waals surface area (Å²) in [6, 6.07) is 7.46. The lowest BCUT2D eigenvalue weighted by atomic mass is 9.84. The first-order valence-corrected chi connectivity index (χ1v) is 6.95. The monoisotopic (exact) mass is 278 g/mol. The van der Waals surface area contributed by atoms with Gasteiger partial charge in [0.2, 0.25) is 0 Å². The molecule has 4 heteroatoms. The maximum atomic E-state index is 12.3. The fourth-order valence-electron chi connectivity index (χ4n) is 2.02. The minimum atomic E-state index is -0.0953. The van der Waals surface area contributed by atoms with Crippen molar-refractivity contribution >= 4 is 11.6 Å². The molecular formula is C16H26N2O2. The van der Waals surface area contributed by atoms with Crippen molar-refractivity contribution in [1.82, 2.24) is 5.32 Å². The van der Waals surface area contributed by atoms with Crippen LogP contribution in [0.15, 0.2) is 24.3 Å². The molecular weight excluding hydrogens is 252 g/mol. The Morgan fingerprint density at radius 1 is 1.35 bits per heavy atom. The lowest BCUT2D eigenvalue weighted by molar-refractivity contribution is 0.0885. The predicted molar refractivity (Wildman–Crippen MR) is 83.2 cm³/mol. The number of carbonyl (C=O) groups is 1. The summed E-state index contributed by atoms with van der Waals surface area (Å²) >= 11 is 0. The summed E-state index contributed by atoms with van der Waals surface area (Å²) in [5.74, 6) is -0.0953. The molecule has 0 saturated heterocycles. The van der Waals surface area contributed by atoms with Crippen molar-refractivity contribution in [3.8, 4) is 0 Å². The predicted octanol–water partition coefficient (Wildman–Crippen LogP) is 2.28. The van der Waals surface area contributed by atoms with E-state index in [1.54, 1.807) is 6.07 Å². The van der Waals surface area contributed by atoms with Crippen LogP contribution in [0.25, 0.3) is 0 Å². The average molecular weight is 278 g/mol. The smallest absolute Gasteiger partial charge is 0.251 e. The first kappa shape index (κ1) is 16.5. The normalized spacial score (nSPS) is 12.9. The zero-order valence-corrected chi connectivity index (χ0v) is 13.1. The maximum Gasteiger partial charge on any atom is 0.251 e. The summed E-state index contributed by atoms with van der Waals surface area (Å²) in [5, 5.41) is 12.2. The molecule has 1 aromatic rings.